The van der Waals surface area contributed by atoms with E-state index in [4.69, 9.17) is 5.11 Å². The summed E-state index contributed by atoms with van der Waals surface area (Å²) in [6.45, 7) is 3.95. The fourth-order valence-electron chi connectivity index (χ4n) is 2.72. The molecule has 1 aliphatic carbocycles. The minimum Gasteiger partial charge on any atom is -0.476 e. The van der Waals surface area contributed by atoms with Crippen molar-refractivity contribution in [3.05, 3.63) is 16.1 Å². The number of aromatic nitrogens is 1. The molecule has 1 saturated carbocycles. The molecule has 0 amide bonds. The Morgan fingerprint density at radius 3 is 2.83 bits per heavy atom. The number of thiazole rings is 1. The highest BCUT2D eigenvalue weighted by Gasteiger charge is 2.31. The number of rotatable bonds is 6. The smallest absolute Gasteiger partial charge is 0.365 e. The Bertz CT molecular complexity index is 411. The predicted molar refractivity (Wildman–Crippen MR) is 72.0 cm³/mol. The lowest BCUT2D eigenvalue weighted by Crippen LogP contribution is -2.31. The maximum Gasteiger partial charge on any atom is 0.365 e. The SMILES string of the molecule is CCC1(CNCc2csc(C(=O)O)n2)CCCC1. The van der Waals surface area contributed by atoms with Gasteiger partial charge in [0.25, 0.3) is 0 Å². The Kier molecular flexibility index (Phi) is 4.35. The van der Waals surface area contributed by atoms with Gasteiger partial charge in [0.15, 0.2) is 0 Å². The van der Waals surface area contributed by atoms with Gasteiger partial charge in [0, 0.05) is 18.5 Å². The molecule has 0 bridgehead atoms. The summed E-state index contributed by atoms with van der Waals surface area (Å²) in [6.07, 6.45) is 6.53. The highest BCUT2D eigenvalue weighted by molar-refractivity contribution is 7.11. The van der Waals surface area contributed by atoms with Gasteiger partial charge >= 0.3 is 5.97 Å². The zero-order chi connectivity index (χ0) is 13.0. The number of carboxylic acid groups (broad SMARTS) is 1. The van der Waals surface area contributed by atoms with Crippen LogP contribution in [0.2, 0.25) is 0 Å². The number of nitrogens with zero attached hydrogens (tertiary/aromatic N) is 1. The van der Waals surface area contributed by atoms with Crippen LogP contribution in [0.3, 0.4) is 0 Å². The van der Waals surface area contributed by atoms with E-state index in [9.17, 15) is 4.79 Å². The lowest BCUT2D eigenvalue weighted by atomic mass is 9.83. The van der Waals surface area contributed by atoms with Crippen molar-refractivity contribution in [2.75, 3.05) is 6.54 Å². The van der Waals surface area contributed by atoms with Gasteiger partial charge in [-0.05, 0) is 24.7 Å². The van der Waals surface area contributed by atoms with E-state index in [1.807, 2.05) is 5.38 Å². The molecule has 0 aromatic carbocycles. The number of aromatic carboxylic acids is 1. The van der Waals surface area contributed by atoms with Crippen LogP contribution in [0.5, 0.6) is 0 Å². The summed E-state index contributed by atoms with van der Waals surface area (Å²) in [5, 5.41) is 14.2. The van der Waals surface area contributed by atoms with E-state index >= 15 is 0 Å². The van der Waals surface area contributed by atoms with E-state index in [2.05, 4.69) is 17.2 Å². The fourth-order valence-corrected chi connectivity index (χ4v) is 3.38. The minimum atomic E-state index is -0.938. The summed E-state index contributed by atoms with van der Waals surface area (Å²) in [4.78, 5) is 14.8. The largest absolute Gasteiger partial charge is 0.476 e. The van der Waals surface area contributed by atoms with Crippen molar-refractivity contribution in [1.29, 1.82) is 0 Å². The zero-order valence-electron chi connectivity index (χ0n) is 10.7. The van der Waals surface area contributed by atoms with E-state index in [-0.39, 0.29) is 5.01 Å². The van der Waals surface area contributed by atoms with Gasteiger partial charge in [-0.2, -0.15) is 0 Å². The molecule has 1 aliphatic rings. The molecule has 0 saturated heterocycles. The van der Waals surface area contributed by atoms with Gasteiger partial charge in [0.05, 0.1) is 5.69 Å². The molecule has 4 nitrogen and oxygen atoms in total. The van der Waals surface area contributed by atoms with Gasteiger partial charge in [0.1, 0.15) is 0 Å². The fraction of sp³-hybridized carbons (Fsp3) is 0.692. The standard InChI is InChI=1S/C13H20N2O2S/c1-2-13(5-3-4-6-13)9-14-7-10-8-18-11(15-10)12(16)17/h8,14H,2-7,9H2,1H3,(H,16,17). The molecule has 1 heterocycles. The number of hydrogen-bond donors (Lipinski definition) is 2. The average molecular weight is 268 g/mol. The Hall–Kier alpha value is -0.940. The minimum absolute atomic E-state index is 0.179. The molecule has 5 heteroatoms. The van der Waals surface area contributed by atoms with Crippen LogP contribution in [-0.2, 0) is 6.54 Å². The van der Waals surface area contributed by atoms with Crippen LogP contribution in [0, 0.1) is 5.41 Å². The summed E-state index contributed by atoms with van der Waals surface area (Å²) in [6, 6.07) is 0. The summed E-state index contributed by atoms with van der Waals surface area (Å²) in [5.74, 6) is -0.938. The molecule has 0 spiro atoms. The second-order valence-electron chi connectivity index (χ2n) is 5.11. The first kappa shape index (κ1) is 13.5. The first-order valence-corrected chi connectivity index (χ1v) is 7.42. The lowest BCUT2D eigenvalue weighted by molar-refractivity contribution is 0.0696. The lowest BCUT2D eigenvalue weighted by Gasteiger charge is -2.27. The average Bonchev–Trinajstić information content (AvgIpc) is 2.98. The maximum absolute atomic E-state index is 10.7. The van der Waals surface area contributed by atoms with Crippen LogP contribution >= 0.6 is 11.3 Å². The van der Waals surface area contributed by atoms with Gasteiger partial charge in [-0.15, -0.1) is 11.3 Å². The molecule has 18 heavy (non-hydrogen) atoms. The molecule has 100 valence electrons. The van der Waals surface area contributed by atoms with Crippen molar-refractivity contribution in [3.8, 4) is 0 Å². The van der Waals surface area contributed by atoms with Crippen LogP contribution in [0.25, 0.3) is 0 Å². The van der Waals surface area contributed by atoms with Gasteiger partial charge in [-0.25, -0.2) is 9.78 Å². The summed E-state index contributed by atoms with van der Waals surface area (Å²) >= 11 is 1.19. The monoisotopic (exact) mass is 268 g/mol. The molecule has 0 radical (unpaired) electrons. The van der Waals surface area contributed by atoms with Gasteiger partial charge < -0.3 is 10.4 Å². The van der Waals surface area contributed by atoms with Crippen LogP contribution in [-0.4, -0.2) is 22.6 Å². The molecule has 1 fully saturated rings. The first-order chi connectivity index (χ1) is 8.65. The molecule has 1 aromatic heterocycles. The number of nitrogens with one attached hydrogen (secondary N) is 1. The van der Waals surface area contributed by atoms with E-state index < -0.39 is 5.97 Å². The number of hydrogen-bond acceptors (Lipinski definition) is 4. The molecule has 1 aromatic rings. The van der Waals surface area contributed by atoms with E-state index in [1.54, 1.807) is 0 Å². The van der Waals surface area contributed by atoms with Crippen LogP contribution in [0.1, 0.15) is 54.5 Å². The van der Waals surface area contributed by atoms with E-state index in [0.717, 1.165) is 12.2 Å². The molecular formula is C13H20N2O2S. The van der Waals surface area contributed by atoms with Crippen molar-refractivity contribution in [2.24, 2.45) is 5.41 Å². The van der Waals surface area contributed by atoms with Gasteiger partial charge in [-0.1, -0.05) is 19.8 Å². The molecule has 2 rings (SSSR count). The van der Waals surface area contributed by atoms with Crippen molar-refractivity contribution in [3.63, 3.8) is 0 Å². The van der Waals surface area contributed by atoms with Crippen molar-refractivity contribution < 1.29 is 9.90 Å². The van der Waals surface area contributed by atoms with Crippen molar-refractivity contribution >= 4 is 17.3 Å². The maximum atomic E-state index is 10.7. The topological polar surface area (TPSA) is 62.2 Å². The van der Waals surface area contributed by atoms with Gasteiger partial charge in [-0.3, -0.25) is 0 Å². The van der Waals surface area contributed by atoms with Crippen LogP contribution in [0.15, 0.2) is 5.38 Å². The summed E-state index contributed by atoms with van der Waals surface area (Å²) in [7, 11) is 0. The Balaban J connectivity index is 1.82. The summed E-state index contributed by atoms with van der Waals surface area (Å²) in [5.41, 5.74) is 1.30. The second-order valence-corrected chi connectivity index (χ2v) is 5.97. The van der Waals surface area contributed by atoms with Crippen LogP contribution < -0.4 is 5.32 Å². The highest BCUT2D eigenvalue weighted by Crippen LogP contribution is 2.40. The Labute approximate surface area is 111 Å². The number of carbonyl (C=O) groups is 1. The summed E-state index contributed by atoms with van der Waals surface area (Å²) < 4.78 is 0. The third kappa shape index (κ3) is 3.09. The zero-order valence-corrected chi connectivity index (χ0v) is 11.6. The molecule has 0 aliphatic heterocycles. The molecular weight excluding hydrogens is 248 g/mol. The van der Waals surface area contributed by atoms with Crippen LogP contribution in [0.4, 0.5) is 0 Å². The molecule has 0 unspecified atom stereocenters. The molecule has 2 N–H and O–H groups in total. The van der Waals surface area contributed by atoms with E-state index in [0.29, 0.717) is 12.0 Å². The third-order valence-corrected chi connectivity index (χ3v) is 4.83. The van der Waals surface area contributed by atoms with Gasteiger partial charge in [0.2, 0.25) is 5.01 Å². The van der Waals surface area contributed by atoms with Crippen molar-refractivity contribution in [1.82, 2.24) is 10.3 Å². The third-order valence-electron chi connectivity index (χ3n) is 3.96. The predicted octanol–water partition coefficient (Wildman–Crippen LogP) is 2.90. The normalized spacial score (nSPS) is 18.1. The Morgan fingerprint density at radius 1 is 1.56 bits per heavy atom. The van der Waals surface area contributed by atoms with E-state index in [1.165, 1.54) is 43.4 Å². The molecule has 0 atom stereocenters. The highest BCUT2D eigenvalue weighted by atomic mass is 32.1. The second kappa shape index (κ2) is 5.80. The Morgan fingerprint density at radius 2 is 2.28 bits per heavy atom. The quantitative estimate of drug-likeness (QED) is 0.832. The van der Waals surface area contributed by atoms with Crippen molar-refractivity contribution in [2.45, 2.75) is 45.6 Å². The first-order valence-electron chi connectivity index (χ1n) is 6.54. The number of carboxylic acids is 1.